The molecule has 0 fully saturated rings. The van der Waals surface area contributed by atoms with Gasteiger partial charge in [-0.15, -0.1) is 0 Å². The van der Waals surface area contributed by atoms with Gasteiger partial charge in [-0.3, -0.25) is 18.2 Å². The summed E-state index contributed by atoms with van der Waals surface area (Å²) < 4.78 is 131. The first kappa shape index (κ1) is 32.9. The summed E-state index contributed by atoms with van der Waals surface area (Å²) in [5.74, 6) is 0. The normalized spacial score (nSPS) is 11.0. The van der Waals surface area contributed by atoms with Gasteiger partial charge in [0.1, 0.15) is 0 Å². The van der Waals surface area contributed by atoms with Crippen LogP contribution in [-0.2, 0) is 62.7 Å². The fourth-order valence-corrected chi connectivity index (χ4v) is 0. The minimum Gasteiger partial charge on any atom is -0.726 e. The molecule has 0 saturated carbocycles. The smallest absolute Gasteiger partial charge is 0.726 e. The van der Waals surface area contributed by atoms with Gasteiger partial charge < -0.3 is 18.2 Å². The van der Waals surface area contributed by atoms with E-state index >= 15 is 0 Å². The molecule has 130 valence electrons. The number of rotatable bonds is 0. The van der Waals surface area contributed by atoms with E-state index in [2.05, 4.69) is 0 Å². The monoisotopic (exact) mass is 486 g/mol. The minimum atomic E-state index is -4.92. The van der Waals surface area contributed by atoms with Crippen molar-refractivity contribution in [1.82, 2.24) is 0 Å². The van der Waals surface area contributed by atoms with Crippen molar-refractivity contribution in [1.29, 1.82) is 0 Å². The molecule has 0 saturated heterocycles. The fourth-order valence-electron chi connectivity index (χ4n) is 0. The molecular formula is H4MoO16S4. The van der Waals surface area contributed by atoms with E-state index in [4.69, 9.17) is 70.1 Å². The SMILES string of the molecule is O=S(=O)([O-])O.O=S(=O)([O-])O.O=S(=O)([O-])O.O=S(=O)([O-])O.[Mo+4]. The first-order valence-corrected chi connectivity index (χ1v) is 8.19. The molecule has 16 nitrogen and oxygen atoms in total. The molecule has 0 radical (unpaired) electrons. The van der Waals surface area contributed by atoms with Gasteiger partial charge in [0.25, 0.3) is 0 Å². The Kier molecular flexibility index (Phi) is 19.9. The quantitative estimate of drug-likeness (QED) is 0.145. The second kappa shape index (κ2) is 12.7. The van der Waals surface area contributed by atoms with Crippen LogP contribution in [0.1, 0.15) is 0 Å². The van der Waals surface area contributed by atoms with Crippen molar-refractivity contribution in [2.24, 2.45) is 0 Å². The summed E-state index contributed by atoms with van der Waals surface area (Å²) in [6, 6.07) is 0. The van der Waals surface area contributed by atoms with Crippen LogP contribution in [0.4, 0.5) is 0 Å². The summed E-state index contributed by atoms with van der Waals surface area (Å²) in [7, 11) is -19.7. The minimum absolute atomic E-state index is 0. The average Bonchev–Trinajstić information content (AvgIpc) is 1.62. The molecule has 0 aromatic carbocycles. The van der Waals surface area contributed by atoms with E-state index in [0.717, 1.165) is 0 Å². The Labute approximate surface area is 132 Å². The van der Waals surface area contributed by atoms with Crippen LogP contribution in [0.5, 0.6) is 0 Å². The summed E-state index contributed by atoms with van der Waals surface area (Å²) in [4.78, 5) is 0. The zero-order chi connectivity index (χ0) is 18.0. The third-order valence-electron chi connectivity index (χ3n) is 0. The van der Waals surface area contributed by atoms with E-state index in [-0.39, 0.29) is 21.1 Å². The molecule has 0 unspecified atom stereocenters. The van der Waals surface area contributed by atoms with Gasteiger partial charge in [-0.05, 0) is 0 Å². The largest absolute Gasteiger partial charge is 4.00 e. The third kappa shape index (κ3) is 235000. The molecule has 21 heteroatoms. The van der Waals surface area contributed by atoms with Gasteiger partial charge in [-0.2, -0.15) is 0 Å². The van der Waals surface area contributed by atoms with Gasteiger partial charge in [0.05, 0.1) is 0 Å². The maximum Gasteiger partial charge on any atom is 4.00 e. The summed E-state index contributed by atoms with van der Waals surface area (Å²) in [5.41, 5.74) is 0. The van der Waals surface area contributed by atoms with Crippen LogP contribution in [-0.4, -0.2) is 70.1 Å². The molecule has 21 heavy (non-hydrogen) atoms. The van der Waals surface area contributed by atoms with Crippen molar-refractivity contribution in [2.75, 3.05) is 0 Å². The molecule has 0 aromatic rings. The first-order chi connectivity index (χ1) is 8.00. The van der Waals surface area contributed by atoms with Gasteiger partial charge in [0.2, 0.25) is 41.6 Å². The van der Waals surface area contributed by atoms with Crippen LogP contribution in [0.3, 0.4) is 0 Å². The van der Waals surface area contributed by atoms with E-state index in [0.29, 0.717) is 0 Å². The molecule has 0 rings (SSSR count). The zero-order valence-electron chi connectivity index (χ0n) is 8.73. The molecule has 0 aliphatic carbocycles. The maximum absolute atomic E-state index is 8.63. The van der Waals surface area contributed by atoms with Crippen molar-refractivity contribution in [2.45, 2.75) is 0 Å². The van der Waals surface area contributed by atoms with Crippen molar-refractivity contribution in [3.8, 4) is 0 Å². The molecule has 0 spiro atoms. The average molecular weight is 484 g/mol. The predicted octanol–water partition coefficient (Wildman–Crippen LogP) is -3.98. The first-order valence-electron chi connectivity index (χ1n) is 2.73. The zero-order valence-corrected chi connectivity index (χ0v) is 14.0. The standard InChI is InChI=1S/Mo.4H2O4S/c;4*1-5(2,3)4/h;4*(H2,1,2,3,4)/q+4;;;;/p-4. The molecule has 0 bridgehead atoms. The molecule has 0 aliphatic rings. The molecular weight excluding hydrogens is 480 g/mol. The molecule has 0 heterocycles. The van der Waals surface area contributed by atoms with Gasteiger partial charge in [0, 0.05) is 0 Å². The summed E-state index contributed by atoms with van der Waals surface area (Å²) >= 11 is 0. The van der Waals surface area contributed by atoms with E-state index in [1.165, 1.54) is 0 Å². The van der Waals surface area contributed by atoms with Crippen LogP contribution in [0.15, 0.2) is 0 Å². The Balaban J connectivity index is -0.0000000533. The fraction of sp³-hybridized carbons (Fsp3) is 0. The molecule has 4 N–H and O–H groups in total. The van der Waals surface area contributed by atoms with E-state index in [9.17, 15) is 0 Å². The van der Waals surface area contributed by atoms with E-state index in [1.807, 2.05) is 0 Å². The number of hydrogen-bond donors (Lipinski definition) is 4. The third-order valence-corrected chi connectivity index (χ3v) is 0. The number of hydrogen-bond acceptors (Lipinski definition) is 12. The maximum atomic E-state index is 8.63. The van der Waals surface area contributed by atoms with Crippen molar-refractivity contribution >= 4 is 41.6 Å². The van der Waals surface area contributed by atoms with Crippen molar-refractivity contribution in [3.63, 3.8) is 0 Å². The van der Waals surface area contributed by atoms with Gasteiger partial charge in [-0.1, -0.05) is 0 Å². The second-order valence-electron chi connectivity index (χ2n) is 1.71. The Hall–Kier alpha value is 0.168. The van der Waals surface area contributed by atoms with Crippen LogP contribution in [0.2, 0.25) is 0 Å². The Morgan fingerprint density at radius 1 is 0.429 bits per heavy atom. The summed E-state index contributed by atoms with van der Waals surface area (Å²) in [5, 5.41) is 0. The van der Waals surface area contributed by atoms with Crippen LogP contribution < -0.4 is 0 Å². The summed E-state index contributed by atoms with van der Waals surface area (Å²) in [6.07, 6.45) is 0. The van der Waals surface area contributed by atoms with Gasteiger partial charge in [0.15, 0.2) is 0 Å². The van der Waals surface area contributed by atoms with Gasteiger partial charge >= 0.3 is 21.1 Å². The summed E-state index contributed by atoms with van der Waals surface area (Å²) in [6.45, 7) is 0. The van der Waals surface area contributed by atoms with Crippen molar-refractivity contribution in [3.05, 3.63) is 0 Å². The van der Waals surface area contributed by atoms with E-state index in [1.54, 1.807) is 0 Å². The molecule has 0 atom stereocenters. The van der Waals surface area contributed by atoms with Gasteiger partial charge in [-0.25, -0.2) is 33.7 Å². The molecule has 0 amide bonds. The van der Waals surface area contributed by atoms with Crippen molar-refractivity contribution < 1.29 is 91.2 Å². The Morgan fingerprint density at radius 3 is 0.429 bits per heavy atom. The van der Waals surface area contributed by atoms with Crippen LogP contribution >= 0.6 is 0 Å². The topological polar surface area (TPSA) is 310 Å². The second-order valence-corrected chi connectivity index (χ2v) is 5.13. The molecule has 0 aliphatic heterocycles. The van der Waals surface area contributed by atoms with Crippen LogP contribution in [0.25, 0.3) is 0 Å². The predicted molar refractivity (Wildman–Crippen MR) is 49.3 cm³/mol. The molecule has 0 aromatic heterocycles. The Bertz CT molecular complexity index is 473. The Morgan fingerprint density at radius 2 is 0.429 bits per heavy atom. The van der Waals surface area contributed by atoms with Crippen LogP contribution in [0, 0.1) is 0 Å². The van der Waals surface area contributed by atoms with E-state index < -0.39 is 41.6 Å².